The Morgan fingerprint density at radius 3 is 2.71 bits per heavy atom. The number of thiazole rings is 1. The first-order valence-electron chi connectivity index (χ1n) is 7.99. The maximum atomic E-state index is 12.2. The smallest absolute Gasteiger partial charge is 0.269 e. The quantitative estimate of drug-likeness (QED) is 0.312. The van der Waals surface area contributed by atoms with Crippen molar-refractivity contribution in [1.82, 2.24) is 4.98 Å². The Kier molecular flexibility index (Phi) is 6.17. The van der Waals surface area contributed by atoms with E-state index in [1.807, 2.05) is 12.1 Å². The summed E-state index contributed by atoms with van der Waals surface area (Å²) in [6.45, 7) is 0. The molecule has 0 saturated heterocycles. The highest BCUT2D eigenvalue weighted by Gasteiger charge is 2.09. The largest absolute Gasteiger partial charge is 0.496 e. The molecule has 1 aromatic heterocycles. The van der Waals surface area contributed by atoms with Crippen LogP contribution in [-0.2, 0) is 4.79 Å². The molecule has 1 amide bonds. The summed E-state index contributed by atoms with van der Waals surface area (Å²) in [6.07, 6.45) is 3.06. The van der Waals surface area contributed by atoms with Crippen LogP contribution in [0.3, 0.4) is 0 Å². The van der Waals surface area contributed by atoms with E-state index in [0.717, 1.165) is 15.6 Å². The molecule has 0 atom stereocenters. The molecule has 7 nitrogen and oxygen atoms in total. The molecule has 3 rings (SSSR count). The summed E-state index contributed by atoms with van der Waals surface area (Å²) in [6, 6.07) is 11.6. The van der Waals surface area contributed by atoms with Crippen molar-refractivity contribution in [2.24, 2.45) is 0 Å². The zero-order chi connectivity index (χ0) is 20.1. The predicted molar refractivity (Wildman–Crippen MR) is 113 cm³/mol. The van der Waals surface area contributed by atoms with Gasteiger partial charge in [-0.15, -0.1) is 11.3 Å². The number of nitrogens with one attached hydrogen (secondary N) is 1. The van der Waals surface area contributed by atoms with Gasteiger partial charge < -0.3 is 4.74 Å². The van der Waals surface area contributed by atoms with Crippen molar-refractivity contribution in [3.63, 3.8) is 0 Å². The van der Waals surface area contributed by atoms with Gasteiger partial charge >= 0.3 is 0 Å². The van der Waals surface area contributed by atoms with E-state index in [4.69, 9.17) is 4.74 Å². The maximum Gasteiger partial charge on any atom is 0.269 e. The van der Waals surface area contributed by atoms with E-state index in [1.165, 1.54) is 29.5 Å². The van der Waals surface area contributed by atoms with Crippen LogP contribution in [0.4, 0.5) is 10.8 Å². The molecule has 0 fully saturated rings. The van der Waals surface area contributed by atoms with Crippen LogP contribution < -0.4 is 10.1 Å². The molecular weight excluding hydrogens is 446 g/mol. The lowest BCUT2D eigenvalue weighted by molar-refractivity contribution is -0.384. The van der Waals surface area contributed by atoms with E-state index in [1.54, 1.807) is 36.8 Å². The van der Waals surface area contributed by atoms with Crippen molar-refractivity contribution in [1.29, 1.82) is 0 Å². The van der Waals surface area contributed by atoms with E-state index in [2.05, 4.69) is 26.2 Å². The van der Waals surface area contributed by atoms with E-state index in [9.17, 15) is 14.9 Å². The van der Waals surface area contributed by atoms with Crippen molar-refractivity contribution in [2.75, 3.05) is 12.4 Å². The van der Waals surface area contributed by atoms with Gasteiger partial charge in [-0.3, -0.25) is 20.2 Å². The fourth-order valence-corrected chi connectivity index (χ4v) is 3.47. The fourth-order valence-electron chi connectivity index (χ4n) is 2.37. The van der Waals surface area contributed by atoms with Crippen molar-refractivity contribution >= 4 is 50.1 Å². The van der Waals surface area contributed by atoms with Crippen LogP contribution in [0.2, 0.25) is 0 Å². The molecule has 0 radical (unpaired) electrons. The van der Waals surface area contributed by atoms with Crippen LogP contribution in [0.5, 0.6) is 5.75 Å². The standard InChI is InChI=1S/C19H14BrN3O4S/c1-27-17-8-5-14(20)10-13(17)4-9-18(24)22-19-21-16(11-28-19)12-2-6-15(7-3-12)23(25)26/h2-11H,1H3,(H,21,22,24)/b9-4+. The molecule has 0 saturated carbocycles. The first-order valence-corrected chi connectivity index (χ1v) is 9.66. The van der Waals surface area contributed by atoms with Crippen LogP contribution >= 0.6 is 27.3 Å². The fraction of sp³-hybridized carbons (Fsp3) is 0.0526. The highest BCUT2D eigenvalue weighted by atomic mass is 79.9. The molecule has 0 bridgehead atoms. The number of benzene rings is 2. The number of ether oxygens (including phenoxy) is 1. The Balaban J connectivity index is 1.69. The Labute approximate surface area is 173 Å². The minimum absolute atomic E-state index is 0.0145. The number of rotatable bonds is 6. The number of halogens is 1. The second-order valence-electron chi connectivity index (χ2n) is 5.55. The molecule has 142 valence electrons. The van der Waals surface area contributed by atoms with Crippen molar-refractivity contribution in [3.05, 3.63) is 74.1 Å². The van der Waals surface area contributed by atoms with Gasteiger partial charge in [0.15, 0.2) is 5.13 Å². The number of carbonyl (C=O) groups is 1. The number of nitro benzene ring substituents is 1. The number of nitro groups is 1. The van der Waals surface area contributed by atoms with Gasteiger partial charge in [-0.2, -0.15) is 0 Å². The Morgan fingerprint density at radius 1 is 1.29 bits per heavy atom. The number of hydrogen-bond donors (Lipinski definition) is 1. The minimum atomic E-state index is -0.455. The Bertz CT molecular complexity index is 1050. The second kappa shape index (κ2) is 8.77. The third kappa shape index (κ3) is 4.81. The number of amides is 1. The molecule has 1 heterocycles. The lowest BCUT2D eigenvalue weighted by Crippen LogP contribution is -2.07. The van der Waals surface area contributed by atoms with Gasteiger partial charge in [-0.05, 0) is 36.4 Å². The summed E-state index contributed by atoms with van der Waals surface area (Å²) in [5, 5.41) is 15.6. The molecule has 0 aliphatic carbocycles. The number of nitrogens with zero attached hydrogens (tertiary/aromatic N) is 2. The van der Waals surface area contributed by atoms with E-state index < -0.39 is 4.92 Å². The number of hydrogen-bond acceptors (Lipinski definition) is 6. The zero-order valence-corrected chi connectivity index (χ0v) is 17.0. The molecule has 1 N–H and O–H groups in total. The highest BCUT2D eigenvalue weighted by Crippen LogP contribution is 2.27. The highest BCUT2D eigenvalue weighted by molar-refractivity contribution is 9.10. The van der Waals surface area contributed by atoms with Crippen LogP contribution in [-0.4, -0.2) is 22.9 Å². The molecule has 3 aromatic rings. The molecule has 28 heavy (non-hydrogen) atoms. The van der Waals surface area contributed by atoms with Crippen molar-refractivity contribution in [3.8, 4) is 17.0 Å². The van der Waals surface area contributed by atoms with Crippen molar-refractivity contribution < 1.29 is 14.5 Å². The van der Waals surface area contributed by atoms with Crippen molar-refractivity contribution in [2.45, 2.75) is 0 Å². The average Bonchev–Trinajstić information content (AvgIpc) is 3.15. The minimum Gasteiger partial charge on any atom is -0.496 e. The Morgan fingerprint density at radius 2 is 2.04 bits per heavy atom. The van der Waals surface area contributed by atoms with Gasteiger partial charge in [-0.1, -0.05) is 15.9 Å². The van der Waals surface area contributed by atoms with E-state index in [0.29, 0.717) is 16.6 Å². The molecular formula is C19H14BrN3O4S. The third-order valence-corrected chi connectivity index (χ3v) is 4.97. The number of anilines is 1. The molecule has 0 unspecified atom stereocenters. The summed E-state index contributed by atoms with van der Waals surface area (Å²) < 4.78 is 6.15. The van der Waals surface area contributed by atoms with Gasteiger partial charge in [-0.25, -0.2) is 4.98 Å². The lowest BCUT2D eigenvalue weighted by Gasteiger charge is -2.04. The molecule has 0 aliphatic rings. The van der Waals surface area contributed by atoms with Gasteiger partial charge in [0.2, 0.25) is 5.91 Å². The van der Waals surface area contributed by atoms with Crippen LogP contribution in [0.25, 0.3) is 17.3 Å². The summed E-state index contributed by atoms with van der Waals surface area (Å²) in [7, 11) is 1.57. The predicted octanol–water partition coefficient (Wildman–Crippen LogP) is 5.14. The van der Waals surface area contributed by atoms with Gasteiger partial charge in [0.1, 0.15) is 5.75 Å². The first kappa shape index (κ1) is 19.7. The molecule has 2 aromatic carbocycles. The lowest BCUT2D eigenvalue weighted by atomic mass is 10.1. The zero-order valence-electron chi connectivity index (χ0n) is 14.6. The van der Waals surface area contributed by atoms with Crippen LogP contribution in [0, 0.1) is 10.1 Å². The number of aromatic nitrogens is 1. The maximum absolute atomic E-state index is 12.2. The van der Waals surface area contributed by atoms with E-state index in [-0.39, 0.29) is 11.6 Å². The van der Waals surface area contributed by atoms with E-state index >= 15 is 0 Å². The molecule has 0 spiro atoms. The monoisotopic (exact) mass is 459 g/mol. The first-order chi connectivity index (χ1) is 13.5. The topological polar surface area (TPSA) is 94.4 Å². The summed E-state index contributed by atoms with van der Waals surface area (Å²) >= 11 is 4.66. The number of carbonyl (C=O) groups excluding carboxylic acids is 1. The molecule has 0 aliphatic heterocycles. The molecule has 9 heteroatoms. The van der Waals surface area contributed by atoms with Gasteiger partial charge in [0.25, 0.3) is 5.69 Å². The van der Waals surface area contributed by atoms with Gasteiger partial charge in [0.05, 0.1) is 17.7 Å². The average molecular weight is 460 g/mol. The van der Waals surface area contributed by atoms with Gasteiger partial charge in [0, 0.05) is 39.2 Å². The number of non-ortho nitro benzene ring substituents is 1. The summed E-state index contributed by atoms with van der Waals surface area (Å²) in [5.74, 6) is 0.327. The normalized spacial score (nSPS) is 10.8. The third-order valence-electron chi connectivity index (χ3n) is 3.71. The van der Waals surface area contributed by atoms with Crippen LogP contribution in [0.1, 0.15) is 5.56 Å². The Hall–Kier alpha value is -3.04. The van der Waals surface area contributed by atoms with Crippen LogP contribution in [0.15, 0.2) is 58.4 Å². The number of methoxy groups -OCH3 is 1. The SMILES string of the molecule is COc1ccc(Br)cc1/C=C/C(=O)Nc1nc(-c2ccc([N+](=O)[O-])cc2)cs1. The summed E-state index contributed by atoms with van der Waals surface area (Å²) in [4.78, 5) is 26.8. The summed E-state index contributed by atoms with van der Waals surface area (Å²) in [5.41, 5.74) is 2.14. The second-order valence-corrected chi connectivity index (χ2v) is 7.32.